The molecule has 1 aromatic carbocycles. The molecule has 1 aromatic heterocycles. The molecule has 0 spiro atoms. The topological polar surface area (TPSA) is 67.3 Å². The maximum Gasteiger partial charge on any atom is 0.160 e. The molecule has 0 fully saturated rings. The van der Waals surface area contributed by atoms with E-state index in [1.165, 1.54) is 18.3 Å². The summed E-state index contributed by atoms with van der Waals surface area (Å²) in [7, 11) is -3.65. The summed E-state index contributed by atoms with van der Waals surface area (Å²) in [5.41, 5.74) is 0.218. The van der Waals surface area contributed by atoms with Gasteiger partial charge in [0.05, 0.1) is 22.2 Å². The van der Waals surface area contributed by atoms with Crippen molar-refractivity contribution >= 4 is 33.0 Å². The number of nitrogens with zero attached hydrogens (tertiary/aromatic N) is 1. The van der Waals surface area contributed by atoms with Gasteiger partial charge >= 0.3 is 0 Å². The first kappa shape index (κ1) is 16.0. The highest BCUT2D eigenvalue weighted by Crippen LogP contribution is 2.23. The molecule has 1 N–H and O–H groups in total. The number of hydrogen-bond donors (Lipinski definition) is 1. The lowest BCUT2D eigenvalue weighted by Gasteiger charge is -2.07. The van der Waals surface area contributed by atoms with Gasteiger partial charge in [0.15, 0.2) is 9.84 Å². The van der Waals surface area contributed by atoms with Gasteiger partial charge in [-0.05, 0) is 23.8 Å². The van der Waals surface area contributed by atoms with Gasteiger partial charge in [0.1, 0.15) is 11.6 Å². The minimum absolute atomic E-state index is 0.0121. The fourth-order valence-electron chi connectivity index (χ4n) is 1.78. The number of halogens is 3. The molecule has 21 heavy (non-hydrogen) atoms. The summed E-state index contributed by atoms with van der Waals surface area (Å²) >= 11 is 11.3. The molecule has 0 atom stereocenters. The first-order chi connectivity index (χ1) is 9.75. The Balaban J connectivity index is 2.22. The van der Waals surface area contributed by atoms with E-state index >= 15 is 0 Å². The van der Waals surface area contributed by atoms with Crippen LogP contribution in [0.25, 0.3) is 0 Å². The van der Waals surface area contributed by atoms with E-state index in [-0.39, 0.29) is 27.1 Å². The van der Waals surface area contributed by atoms with E-state index in [4.69, 9.17) is 23.2 Å². The van der Waals surface area contributed by atoms with E-state index in [0.717, 1.165) is 12.1 Å². The van der Waals surface area contributed by atoms with Crippen LogP contribution in [0.5, 0.6) is 5.75 Å². The van der Waals surface area contributed by atoms with Gasteiger partial charge < -0.3 is 5.11 Å². The summed E-state index contributed by atoms with van der Waals surface area (Å²) in [6, 6.07) is 4.76. The second-order valence-electron chi connectivity index (χ2n) is 4.43. The standard InChI is InChI=1S/C13H10Cl2FNO3S/c14-9-1-8(2-11(16)3-9)6-21(19,20)7-12-13(18)4-10(15)5-17-12/h1-5,18H,6-7H2. The van der Waals surface area contributed by atoms with E-state index in [9.17, 15) is 17.9 Å². The molecule has 0 amide bonds. The number of benzene rings is 1. The van der Waals surface area contributed by atoms with Crippen LogP contribution in [0, 0.1) is 5.82 Å². The molecule has 0 saturated heterocycles. The molecule has 0 radical (unpaired) electrons. The molecule has 0 saturated carbocycles. The zero-order chi connectivity index (χ0) is 15.6. The summed E-state index contributed by atoms with van der Waals surface area (Å²) in [6.07, 6.45) is 1.24. The highest BCUT2D eigenvalue weighted by Gasteiger charge is 2.17. The quantitative estimate of drug-likeness (QED) is 0.918. The van der Waals surface area contributed by atoms with Crippen LogP contribution in [0.3, 0.4) is 0 Å². The van der Waals surface area contributed by atoms with Crippen LogP contribution in [0.15, 0.2) is 30.5 Å². The van der Waals surface area contributed by atoms with Crippen molar-refractivity contribution < 1.29 is 17.9 Å². The van der Waals surface area contributed by atoms with Gasteiger partial charge in [-0.3, -0.25) is 4.98 Å². The zero-order valence-corrected chi connectivity index (χ0v) is 12.9. The van der Waals surface area contributed by atoms with Crippen LogP contribution < -0.4 is 0 Å². The van der Waals surface area contributed by atoms with Crippen LogP contribution in [0.1, 0.15) is 11.3 Å². The predicted octanol–water partition coefficient (Wildman–Crippen LogP) is 3.35. The second-order valence-corrected chi connectivity index (χ2v) is 7.37. The van der Waals surface area contributed by atoms with Gasteiger partial charge in [0.25, 0.3) is 0 Å². The normalized spacial score (nSPS) is 11.6. The maximum absolute atomic E-state index is 13.2. The zero-order valence-electron chi connectivity index (χ0n) is 10.6. The molecule has 0 bridgehead atoms. The SMILES string of the molecule is O=S(=O)(Cc1cc(F)cc(Cl)c1)Cc1ncc(Cl)cc1O. The van der Waals surface area contributed by atoms with Crippen molar-refractivity contribution in [3.63, 3.8) is 0 Å². The summed E-state index contributed by atoms with van der Waals surface area (Å²) in [4.78, 5) is 3.78. The van der Waals surface area contributed by atoms with E-state index < -0.39 is 27.2 Å². The first-order valence-electron chi connectivity index (χ1n) is 5.74. The Morgan fingerprint density at radius 2 is 1.81 bits per heavy atom. The van der Waals surface area contributed by atoms with E-state index in [0.29, 0.717) is 0 Å². The third-order valence-corrected chi connectivity index (χ3v) is 4.49. The van der Waals surface area contributed by atoms with Crippen molar-refractivity contribution in [2.45, 2.75) is 11.5 Å². The summed E-state index contributed by atoms with van der Waals surface area (Å²) in [6.45, 7) is 0. The van der Waals surface area contributed by atoms with Gasteiger partial charge in [0, 0.05) is 17.3 Å². The van der Waals surface area contributed by atoms with E-state index in [1.807, 2.05) is 0 Å². The molecule has 0 aliphatic heterocycles. The van der Waals surface area contributed by atoms with Crippen LogP contribution >= 0.6 is 23.2 Å². The third-order valence-electron chi connectivity index (χ3n) is 2.58. The van der Waals surface area contributed by atoms with Crippen LogP contribution in [-0.4, -0.2) is 18.5 Å². The van der Waals surface area contributed by atoms with Crippen LogP contribution in [0.2, 0.25) is 10.0 Å². The van der Waals surface area contributed by atoms with Crippen molar-refractivity contribution in [1.29, 1.82) is 0 Å². The third kappa shape index (κ3) is 4.56. The van der Waals surface area contributed by atoms with Gasteiger partial charge in [-0.2, -0.15) is 0 Å². The smallest absolute Gasteiger partial charge is 0.160 e. The van der Waals surface area contributed by atoms with Crippen molar-refractivity contribution in [3.8, 4) is 5.75 Å². The highest BCUT2D eigenvalue weighted by molar-refractivity contribution is 7.89. The number of hydrogen-bond acceptors (Lipinski definition) is 4. The monoisotopic (exact) mass is 349 g/mol. The lowest BCUT2D eigenvalue weighted by molar-refractivity contribution is 0.466. The van der Waals surface area contributed by atoms with Crippen LogP contribution in [-0.2, 0) is 21.3 Å². The molecule has 8 heteroatoms. The van der Waals surface area contributed by atoms with E-state index in [2.05, 4.69) is 4.98 Å². The number of aromatic hydroxyl groups is 1. The Morgan fingerprint density at radius 3 is 2.43 bits per heavy atom. The Morgan fingerprint density at radius 1 is 1.10 bits per heavy atom. The summed E-state index contributed by atoms with van der Waals surface area (Å²) in [5, 5.41) is 9.93. The summed E-state index contributed by atoms with van der Waals surface area (Å²) < 4.78 is 37.4. The fourth-order valence-corrected chi connectivity index (χ4v) is 3.59. The number of sulfone groups is 1. The minimum Gasteiger partial charge on any atom is -0.506 e. The average Bonchev–Trinajstić information content (AvgIpc) is 2.30. The Hall–Kier alpha value is -1.37. The van der Waals surface area contributed by atoms with Crippen LogP contribution in [0.4, 0.5) is 4.39 Å². The second kappa shape index (κ2) is 6.17. The Bertz CT molecular complexity index is 761. The number of aromatic nitrogens is 1. The molecule has 112 valence electrons. The molecule has 4 nitrogen and oxygen atoms in total. The number of rotatable bonds is 4. The molecule has 0 aliphatic carbocycles. The maximum atomic E-state index is 13.2. The lowest BCUT2D eigenvalue weighted by Crippen LogP contribution is -2.09. The van der Waals surface area contributed by atoms with Crippen molar-refractivity contribution in [3.05, 3.63) is 57.6 Å². The van der Waals surface area contributed by atoms with Crippen molar-refractivity contribution in [2.24, 2.45) is 0 Å². The minimum atomic E-state index is -3.65. The van der Waals surface area contributed by atoms with Gasteiger partial charge in [-0.15, -0.1) is 0 Å². The molecule has 2 aromatic rings. The summed E-state index contributed by atoms with van der Waals surface area (Å²) in [5.74, 6) is -1.80. The average molecular weight is 350 g/mol. The largest absolute Gasteiger partial charge is 0.506 e. The van der Waals surface area contributed by atoms with Gasteiger partial charge in [-0.25, -0.2) is 12.8 Å². The number of pyridine rings is 1. The van der Waals surface area contributed by atoms with E-state index in [1.54, 1.807) is 0 Å². The molecule has 2 rings (SSSR count). The fraction of sp³-hybridized carbons (Fsp3) is 0.154. The van der Waals surface area contributed by atoms with Crippen molar-refractivity contribution in [1.82, 2.24) is 4.98 Å². The molecule has 1 heterocycles. The predicted molar refractivity (Wildman–Crippen MR) is 78.6 cm³/mol. The van der Waals surface area contributed by atoms with Gasteiger partial charge in [-0.1, -0.05) is 23.2 Å². The Kier molecular flexibility index (Phi) is 4.70. The van der Waals surface area contributed by atoms with Gasteiger partial charge in [0.2, 0.25) is 0 Å². The first-order valence-corrected chi connectivity index (χ1v) is 8.32. The Labute approximate surface area is 131 Å². The van der Waals surface area contributed by atoms with Crippen molar-refractivity contribution in [2.75, 3.05) is 0 Å². The lowest BCUT2D eigenvalue weighted by atomic mass is 10.2. The highest BCUT2D eigenvalue weighted by atomic mass is 35.5. The molecular weight excluding hydrogens is 340 g/mol. The molecule has 0 unspecified atom stereocenters. The molecule has 0 aliphatic rings. The molecular formula is C13H10Cl2FNO3S.